The van der Waals surface area contributed by atoms with Gasteiger partial charge in [-0.15, -0.1) is 0 Å². The lowest BCUT2D eigenvalue weighted by Crippen LogP contribution is -2.30. The number of hydrogen-bond donors (Lipinski definition) is 1. The van der Waals surface area contributed by atoms with Crippen molar-refractivity contribution in [2.24, 2.45) is 0 Å². The first-order valence-corrected chi connectivity index (χ1v) is 8.52. The number of rotatable bonds is 7. The number of amides is 1. The van der Waals surface area contributed by atoms with E-state index < -0.39 is 0 Å². The van der Waals surface area contributed by atoms with E-state index in [1.165, 1.54) is 16.8 Å². The van der Waals surface area contributed by atoms with Crippen molar-refractivity contribution in [2.75, 3.05) is 20.8 Å². The highest BCUT2D eigenvalue weighted by molar-refractivity contribution is 5.92. The summed E-state index contributed by atoms with van der Waals surface area (Å²) in [5, 5.41) is 9.05. The van der Waals surface area contributed by atoms with E-state index in [1.54, 1.807) is 14.2 Å². The van der Waals surface area contributed by atoms with E-state index in [4.69, 9.17) is 9.47 Å². The number of methoxy groups -OCH3 is 2. The Morgan fingerprint density at radius 3 is 2.63 bits per heavy atom. The van der Waals surface area contributed by atoms with Gasteiger partial charge in [-0.05, 0) is 40.6 Å². The van der Waals surface area contributed by atoms with Gasteiger partial charge in [0.05, 0.1) is 20.3 Å². The van der Waals surface area contributed by atoms with Gasteiger partial charge in [-0.3, -0.25) is 9.59 Å². The summed E-state index contributed by atoms with van der Waals surface area (Å²) in [7, 11) is 3.18. The Kier molecular flexibility index (Phi) is 5.83. The third-order valence-corrected chi connectivity index (χ3v) is 4.17. The number of carbonyl (C=O) groups is 1. The van der Waals surface area contributed by atoms with Crippen LogP contribution in [0.4, 0.5) is 0 Å². The number of benzene rings is 2. The normalized spacial score (nSPS) is 10.7. The maximum atomic E-state index is 12.4. The van der Waals surface area contributed by atoms with Crippen molar-refractivity contribution in [3.63, 3.8) is 0 Å². The molecule has 3 aromatic rings. The summed E-state index contributed by atoms with van der Waals surface area (Å²) >= 11 is 0. The Balaban J connectivity index is 1.70. The molecule has 0 aliphatic heterocycles. The molecule has 0 saturated heterocycles. The van der Waals surface area contributed by atoms with Gasteiger partial charge in [0.15, 0.2) is 0 Å². The molecular formula is C20H21N3O4. The fourth-order valence-corrected chi connectivity index (χ4v) is 2.69. The van der Waals surface area contributed by atoms with Gasteiger partial charge in [0.25, 0.3) is 11.5 Å². The van der Waals surface area contributed by atoms with Crippen LogP contribution in [0.15, 0.2) is 53.3 Å². The van der Waals surface area contributed by atoms with Crippen LogP contribution < -0.4 is 15.6 Å². The zero-order valence-electron chi connectivity index (χ0n) is 15.3. The van der Waals surface area contributed by atoms with Crippen molar-refractivity contribution >= 4 is 16.7 Å². The molecule has 1 heterocycles. The zero-order valence-corrected chi connectivity index (χ0v) is 15.3. The molecule has 0 bridgehead atoms. The second-order valence-electron chi connectivity index (χ2n) is 6.00. The number of nitrogens with one attached hydrogen (secondary N) is 1. The first-order chi connectivity index (χ1) is 13.1. The van der Waals surface area contributed by atoms with Crippen molar-refractivity contribution in [2.45, 2.75) is 13.1 Å². The van der Waals surface area contributed by atoms with Crippen molar-refractivity contribution in [3.8, 4) is 5.75 Å². The van der Waals surface area contributed by atoms with Crippen LogP contribution >= 0.6 is 0 Å². The predicted molar refractivity (Wildman–Crippen MR) is 102 cm³/mol. The van der Waals surface area contributed by atoms with E-state index >= 15 is 0 Å². The molecule has 1 amide bonds. The molecule has 2 aromatic carbocycles. The molecule has 140 valence electrons. The average molecular weight is 367 g/mol. The summed E-state index contributed by atoms with van der Waals surface area (Å²) in [6, 6.07) is 14.6. The molecule has 0 atom stereocenters. The number of hydrogen-bond acceptors (Lipinski definition) is 5. The third-order valence-electron chi connectivity index (χ3n) is 4.17. The first kappa shape index (κ1) is 18.6. The fraction of sp³-hybridized carbons (Fsp3) is 0.250. The summed E-state index contributed by atoms with van der Waals surface area (Å²) < 4.78 is 11.4. The molecular weight excluding hydrogens is 346 g/mol. The van der Waals surface area contributed by atoms with Crippen LogP contribution in [-0.2, 0) is 17.8 Å². The van der Waals surface area contributed by atoms with E-state index in [9.17, 15) is 9.59 Å². The minimum absolute atomic E-state index is 0.191. The summed E-state index contributed by atoms with van der Waals surface area (Å²) in [5.41, 5.74) is 0.888. The molecule has 0 fully saturated rings. The van der Waals surface area contributed by atoms with Crippen LogP contribution in [0.1, 0.15) is 16.1 Å². The Labute approximate surface area is 156 Å². The molecule has 1 N–H and O–H groups in total. The molecule has 0 radical (unpaired) electrons. The lowest BCUT2D eigenvalue weighted by molar-refractivity contribution is 0.0942. The SMILES string of the molecule is COCCn1nc(C(=O)NCc2ccc3cc(OC)ccc3c2)ccc1=O. The maximum absolute atomic E-state index is 12.4. The molecule has 0 unspecified atom stereocenters. The van der Waals surface area contributed by atoms with Gasteiger partial charge in [-0.25, -0.2) is 4.68 Å². The molecule has 27 heavy (non-hydrogen) atoms. The van der Waals surface area contributed by atoms with Crippen molar-refractivity contribution in [3.05, 3.63) is 70.1 Å². The van der Waals surface area contributed by atoms with Gasteiger partial charge in [-0.2, -0.15) is 5.10 Å². The second kappa shape index (κ2) is 8.46. The van der Waals surface area contributed by atoms with Gasteiger partial charge in [0, 0.05) is 19.7 Å². The quantitative estimate of drug-likeness (QED) is 0.690. The van der Waals surface area contributed by atoms with Gasteiger partial charge in [0.1, 0.15) is 11.4 Å². The van der Waals surface area contributed by atoms with Crippen molar-refractivity contribution in [1.82, 2.24) is 15.1 Å². The van der Waals surface area contributed by atoms with Crippen LogP contribution in [0.5, 0.6) is 5.75 Å². The molecule has 0 saturated carbocycles. The van der Waals surface area contributed by atoms with E-state index in [1.807, 2.05) is 36.4 Å². The predicted octanol–water partition coefficient (Wildman–Crippen LogP) is 1.98. The van der Waals surface area contributed by atoms with E-state index in [2.05, 4.69) is 10.4 Å². The van der Waals surface area contributed by atoms with E-state index in [-0.39, 0.29) is 17.2 Å². The van der Waals surface area contributed by atoms with Crippen LogP contribution in [-0.4, -0.2) is 36.5 Å². The molecule has 7 heteroatoms. The smallest absolute Gasteiger partial charge is 0.271 e. The Morgan fingerprint density at radius 2 is 1.85 bits per heavy atom. The Bertz CT molecular complexity index is 1010. The number of carbonyl (C=O) groups excluding carboxylic acids is 1. The lowest BCUT2D eigenvalue weighted by Gasteiger charge is -2.09. The maximum Gasteiger partial charge on any atom is 0.271 e. The molecule has 0 aliphatic rings. The van der Waals surface area contributed by atoms with Gasteiger partial charge < -0.3 is 14.8 Å². The number of nitrogens with zero attached hydrogens (tertiary/aromatic N) is 2. The van der Waals surface area contributed by atoms with E-state index in [0.29, 0.717) is 19.7 Å². The van der Waals surface area contributed by atoms with Crippen LogP contribution in [0, 0.1) is 0 Å². The van der Waals surface area contributed by atoms with Crippen molar-refractivity contribution < 1.29 is 14.3 Å². The topological polar surface area (TPSA) is 82.5 Å². The Hall–Kier alpha value is -3.19. The van der Waals surface area contributed by atoms with Gasteiger partial charge >= 0.3 is 0 Å². The Morgan fingerprint density at radius 1 is 1.07 bits per heavy atom. The minimum Gasteiger partial charge on any atom is -0.497 e. The minimum atomic E-state index is -0.337. The summed E-state index contributed by atoms with van der Waals surface area (Å²) in [6.45, 7) is 1.00. The average Bonchev–Trinajstić information content (AvgIpc) is 2.70. The van der Waals surface area contributed by atoms with Crippen molar-refractivity contribution in [1.29, 1.82) is 0 Å². The highest BCUT2D eigenvalue weighted by atomic mass is 16.5. The first-order valence-electron chi connectivity index (χ1n) is 8.52. The molecule has 0 aliphatic carbocycles. The van der Waals surface area contributed by atoms with Gasteiger partial charge in [-0.1, -0.05) is 18.2 Å². The lowest BCUT2D eigenvalue weighted by atomic mass is 10.1. The summed E-state index contributed by atoms with van der Waals surface area (Å²) in [5.74, 6) is 0.467. The van der Waals surface area contributed by atoms with Gasteiger partial charge in [0.2, 0.25) is 0 Å². The largest absolute Gasteiger partial charge is 0.497 e. The number of ether oxygens (including phenoxy) is 2. The molecule has 7 nitrogen and oxygen atoms in total. The fourth-order valence-electron chi connectivity index (χ4n) is 2.69. The zero-order chi connectivity index (χ0) is 19.2. The monoisotopic (exact) mass is 367 g/mol. The van der Waals surface area contributed by atoms with Crippen LogP contribution in [0.3, 0.4) is 0 Å². The van der Waals surface area contributed by atoms with E-state index in [0.717, 1.165) is 22.1 Å². The third kappa shape index (κ3) is 4.51. The second-order valence-corrected chi connectivity index (χ2v) is 6.00. The standard InChI is InChI=1S/C20H21N3O4/c1-26-10-9-23-19(24)8-7-18(22-23)20(25)21-13-14-3-4-16-12-17(27-2)6-5-15(16)11-14/h3-8,11-12H,9-10,13H2,1-2H3,(H,21,25). The number of aromatic nitrogens is 2. The summed E-state index contributed by atoms with van der Waals surface area (Å²) in [6.07, 6.45) is 0. The summed E-state index contributed by atoms with van der Waals surface area (Å²) in [4.78, 5) is 24.1. The molecule has 3 rings (SSSR count). The molecule has 0 spiro atoms. The van der Waals surface area contributed by atoms with Crippen LogP contribution in [0.25, 0.3) is 10.8 Å². The molecule has 1 aromatic heterocycles. The number of fused-ring (bicyclic) bond motifs is 1. The highest BCUT2D eigenvalue weighted by Crippen LogP contribution is 2.21. The van der Waals surface area contributed by atoms with Crippen LogP contribution in [0.2, 0.25) is 0 Å². The highest BCUT2D eigenvalue weighted by Gasteiger charge is 2.10.